The number of aryl methyl sites for hydroxylation is 1. The van der Waals surface area contributed by atoms with Gasteiger partial charge in [0.25, 0.3) is 0 Å². The highest BCUT2D eigenvalue weighted by Crippen LogP contribution is 2.21. The molecule has 11 nitrogen and oxygen atoms in total. The van der Waals surface area contributed by atoms with Crippen molar-refractivity contribution in [2.75, 3.05) is 12.4 Å². The molecule has 47 heavy (non-hydrogen) atoms. The minimum atomic E-state index is -0.669. The number of carbonyl (C=O) groups is 3. The Labute approximate surface area is 280 Å². The van der Waals surface area contributed by atoms with E-state index in [1.165, 1.54) is 23.5 Å². The summed E-state index contributed by atoms with van der Waals surface area (Å²) in [6, 6.07) is 13.4. The number of unbranched alkanes of at least 4 members (excludes halogenated alkanes) is 1. The first kappa shape index (κ1) is 38.4. The fourth-order valence-corrected chi connectivity index (χ4v) is 4.83. The quantitative estimate of drug-likeness (QED) is 0.0851. The molecule has 0 aliphatic heterocycles. The number of hydrogen-bond acceptors (Lipinski definition) is 10. The maximum Gasteiger partial charge on any atom is 0.408 e. The zero-order valence-electron chi connectivity index (χ0n) is 27.6. The van der Waals surface area contributed by atoms with Gasteiger partial charge in [-0.3, -0.25) is 4.79 Å². The molecule has 0 aliphatic carbocycles. The number of amides is 2. The highest BCUT2D eigenvalue weighted by Gasteiger charge is 2.20. The van der Waals surface area contributed by atoms with Gasteiger partial charge in [0.15, 0.2) is 0 Å². The maximum absolute atomic E-state index is 14.4. The third-order valence-electron chi connectivity index (χ3n) is 6.37. The highest BCUT2D eigenvalue weighted by atomic mass is 32.1. The molecule has 3 rings (SSSR count). The third kappa shape index (κ3) is 15.9. The average molecular weight is 668 g/mol. The third-order valence-corrected chi connectivity index (χ3v) is 7.27. The minimum Gasteiger partial charge on any atom is -0.444 e. The standard InChI is InChI=1S/C26H38FN7O3S.C8H8O/c1-16(31-25(36)37-26(2,3)4)19-14-17(10-12-20(19)27)15-22(35)32-24-34-33-23(38-24)9-7-6-8-18(28)11-13-21(29)30-5;9-7-6-8-4-2-1-3-5-8/h10-14,16,30H,6-9,15,28-29H2,1-5H3,(H,31,36)(H,32,34,35);1-5,7H,6H2/b18-11-,21-13+;. The van der Waals surface area contributed by atoms with Crippen LogP contribution in [0.15, 0.2) is 72.2 Å². The van der Waals surface area contributed by atoms with E-state index in [1.54, 1.807) is 53.0 Å². The van der Waals surface area contributed by atoms with E-state index in [0.29, 0.717) is 22.9 Å². The number of nitrogens with two attached hydrogens (primary N) is 2. The number of halogens is 1. The molecule has 0 radical (unpaired) electrons. The van der Waals surface area contributed by atoms with Crippen LogP contribution in [0, 0.1) is 5.82 Å². The molecular weight excluding hydrogens is 621 g/mol. The van der Waals surface area contributed by atoms with Crippen LogP contribution in [-0.4, -0.2) is 41.1 Å². The van der Waals surface area contributed by atoms with Gasteiger partial charge in [-0.1, -0.05) is 53.8 Å². The van der Waals surface area contributed by atoms with Crippen LogP contribution in [-0.2, 0) is 33.6 Å². The maximum atomic E-state index is 14.4. The molecule has 3 aromatic rings. The Morgan fingerprint density at radius 1 is 1.04 bits per heavy atom. The van der Waals surface area contributed by atoms with E-state index in [1.807, 2.05) is 30.3 Å². The molecule has 1 unspecified atom stereocenters. The number of aldehydes is 1. The summed E-state index contributed by atoms with van der Waals surface area (Å²) in [5, 5.41) is 17.6. The fraction of sp³-hybridized carbons (Fsp3) is 0.382. The van der Waals surface area contributed by atoms with E-state index in [4.69, 9.17) is 16.2 Å². The van der Waals surface area contributed by atoms with Gasteiger partial charge in [-0.15, -0.1) is 10.2 Å². The van der Waals surface area contributed by atoms with Crippen LogP contribution < -0.4 is 27.4 Å². The highest BCUT2D eigenvalue weighted by molar-refractivity contribution is 7.15. The lowest BCUT2D eigenvalue weighted by Crippen LogP contribution is -2.34. The summed E-state index contributed by atoms with van der Waals surface area (Å²) in [6.07, 6.45) is 7.53. The zero-order chi connectivity index (χ0) is 34.8. The van der Waals surface area contributed by atoms with Gasteiger partial charge in [0.1, 0.15) is 22.7 Å². The second-order valence-electron chi connectivity index (χ2n) is 11.6. The van der Waals surface area contributed by atoms with Gasteiger partial charge in [0, 0.05) is 31.1 Å². The van der Waals surface area contributed by atoms with E-state index < -0.39 is 23.6 Å². The summed E-state index contributed by atoms with van der Waals surface area (Å²) in [5.41, 5.74) is 13.6. The van der Waals surface area contributed by atoms with Crippen LogP contribution in [0.1, 0.15) is 74.7 Å². The van der Waals surface area contributed by atoms with Gasteiger partial charge in [-0.2, -0.15) is 0 Å². The molecule has 13 heteroatoms. The first-order chi connectivity index (χ1) is 22.3. The Bertz CT molecular complexity index is 1500. The minimum absolute atomic E-state index is 0.0134. The summed E-state index contributed by atoms with van der Waals surface area (Å²) in [6.45, 7) is 6.89. The van der Waals surface area contributed by atoms with E-state index in [9.17, 15) is 18.8 Å². The number of rotatable bonds is 14. The van der Waals surface area contributed by atoms with E-state index in [0.717, 1.165) is 48.2 Å². The van der Waals surface area contributed by atoms with Gasteiger partial charge in [0.05, 0.1) is 18.3 Å². The van der Waals surface area contributed by atoms with Crippen molar-refractivity contribution in [1.29, 1.82) is 0 Å². The number of carbonyl (C=O) groups excluding carboxylic acids is 3. The molecule has 254 valence electrons. The van der Waals surface area contributed by atoms with Crippen LogP contribution in [0.3, 0.4) is 0 Å². The van der Waals surface area contributed by atoms with Gasteiger partial charge in [-0.25, -0.2) is 9.18 Å². The van der Waals surface area contributed by atoms with Gasteiger partial charge in [0.2, 0.25) is 11.0 Å². The van der Waals surface area contributed by atoms with Crippen LogP contribution in [0.2, 0.25) is 0 Å². The van der Waals surface area contributed by atoms with Crippen molar-refractivity contribution in [3.8, 4) is 0 Å². The van der Waals surface area contributed by atoms with Crippen molar-refractivity contribution in [3.63, 3.8) is 0 Å². The number of allylic oxidation sites excluding steroid dienone is 3. The Morgan fingerprint density at radius 2 is 1.77 bits per heavy atom. The Morgan fingerprint density at radius 3 is 2.43 bits per heavy atom. The van der Waals surface area contributed by atoms with Crippen molar-refractivity contribution in [2.45, 2.75) is 77.9 Å². The number of nitrogens with zero attached hydrogens (tertiary/aromatic N) is 2. The Hall–Kier alpha value is -4.78. The van der Waals surface area contributed by atoms with Crippen molar-refractivity contribution >= 4 is 34.8 Å². The van der Waals surface area contributed by atoms with Crippen molar-refractivity contribution < 1.29 is 23.5 Å². The molecule has 0 aliphatic rings. The van der Waals surface area contributed by atoms with Crippen molar-refractivity contribution in [1.82, 2.24) is 20.8 Å². The molecule has 1 heterocycles. The van der Waals surface area contributed by atoms with Crippen LogP contribution in [0.5, 0.6) is 0 Å². The van der Waals surface area contributed by atoms with Crippen LogP contribution in [0.4, 0.5) is 14.3 Å². The second-order valence-corrected chi connectivity index (χ2v) is 12.7. The predicted octanol–water partition coefficient (Wildman–Crippen LogP) is 5.45. The zero-order valence-corrected chi connectivity index (χ0v) is 28.5. The summed E-state index contributed by atoms with van der Waals surface area (Å²) >= 11 is 1.31. The number of hydrogen-bond donors (Lipinski definition) is 5. The van der Waals surface area contributed by atoms with E-state index in [-0.39, 0.29) is 17.9 Å². The van der Waals surface area contributed by atoms with Crippen LogP contribution in [0.25, 0.3) is 0 Å². The first-order valence-corrected chi connectivity index (χ1v) is 16.1. The molecule has 1 atom stereocenters. The topological polar surface area (TPSA) is 174 Å². The summed E-state index contributed by atoms with van der Waals surface area (Å²) in [4.78, 5) is 34.6. The van der Waals surface area contributed by atoms with Crippen LogP contribution >= 0.6 is 11.3 Å². The molecule has 1 aromatic heterocycles. The smallest absolute Gasteiger partial charge is 0.408 e. The normalized spacial score (nSPS) is 12.3. The van der Waals surface area contributed by atoms with E-state index in [2.05, 4.69) is 26.1 Å². The Kier molecular flexibility index (Phi) is 16.1. The molecular formula is C34H46FN7O4S. The van der Waals surface area contributed by atoms with Crippen molar-refractivity contribution in [3.05, 3.63) is 99.7 Å². The molecule has 0 saturated carbocycles. The summed E-state index contributed by atoms with van der Waals surface area (Å²) < 4.78 is 19.7. The number of aromatic nitrogens is 2. The molecule has 0 fully saturated rings. The first-order valence-electron chi connectivity index (χ1n) is 15.3. The largest absolute Gasteiger partial charge is 0.444 e. The fourth-order valence-electron chi connectivity index (χ4n) is 4.03. The lowest BCUT2D eigenvalue weighted by atomic mass is 10.0. The second kappa shape index (κ2) is 19.7. The number of nitrogens with one attached hydrogen (secondary N) is 3. The lowest BCUT2D eigenvalue weighted by molar-refractivity contribution is -0.115. The molecule has 0 saturated heterocycles. The van der Waals surface area contributed by atoms with Gasteiger partial charge >= 0.3 is 6.09 Å². The molecule has 0 bridgehead atoms. The summed E-state index contributed by atoms with van der Waals surface area (Å²) in [7, 11) is 1.74. The molecule has 7 N–H and O–H groups in total. The SMILES string of the molecule is CN/C(N)=C/C=C(\N)CCCCc1nnc(NC(=O)Cc2ccc(F)c(C(C)NC(=O)OC(C)(C)C)c2)s1.O=CCc1ccccc1. The van der Waals surface area contributed by atoms with Crippen molar-refractivity contribution in [2.24, 2.45) is 11.5 Å². The lowest BCUT2D eigenvalue weighted by Gasteiger charge is -2.22. The van der Waals surface area contributed by atoms with Gasteiger partial charge in [-0.05, 0) is 76.3 Å². The number of anilines is 1. The van der Waals surface area contributed by atoms with Gasteiger partial charge < -0.3 is 36.9 Å². The average Bonchev–Trinajstić information content (AvgIpc) is 3.45. The monoisotopic (exact) mass is 667 g/mol. The molecule has 0 spiro atoms. The summed E-state index contributed by atoms with van der Waals surface area (Å²) in [5.74, 6) is -0.242. The number of alkyl carbamates (subject to hydrolysis) is 1. The number of ether oxygens (including phenoxy) is 1. The number of benzene rings is 2. The molecule has 2 aromatic carbocycles. The predicted molar refractivity (Wildman–Crippen MR) is 184 cm³/mol. The Balaban J connectivity index is 0.000000731. The van der Waals surface area contributed by atoms with E-state index >= 15 is 0 Å². The molecule has 2 amide bonds.